The number of H-pyrrole nitrogens is 1. The minimum Gasteiger partial charge on any atom is -0.272 e. The number of benzene rings is 2. The fraction of sp³-hybridized carbons (Fsp3) is 0. The van der Waals surface area contributed by atoms with Crippen LogP contribution in [0.4, 0.5) is 0 Å². The summed E-state index contributed by atoms with van der Waals surface area (Å²) >= 11 is 1.55. The maximum Gasteiger partial charge on any atom is 0.289 e. The zero-order valence-corrected chi connectivity index (χ0v) is 14.0. The Morgan fingerprint density at radius 1 is 1.12 bits per heavy atom. The highest BCUT2D eigenvalue weighted by Gasteiger charge is 2.12. The first-order chi connectivity index (χ1) is 12.3. The average Bonchev–Trinajstić information content (AvgIpc) is 3.33. The van der Waals surface area contributed by atoms with Gasteiger partial charge in [-0.2, -0.15) is 10.2 Å². The molecule has 0 unspecified atom stereocenters. The molecule has 0 aliphatic heterocycles. The zero-order chi connectivity index (χ0) is 17.1. The van der Waals surface area contributed by atoms with E-state index in [-0.39, 0.29) is 5.91 Å². The average molecular weight is 346 g/mol. The number of hydrogen-bond donors (Lipinski definition) is 2. The molecule has 2 N–H and O–H groups in total. The SMILES string of the molecule is O=C(N/N=C\c1cccs1)c1cc(-c2cccc3ccccc23)n[nH]1. The topological polar surface area (TPSA) is 70.1 Å². The molecule has 2 aromatic heterocycles. The van der Waals surface area contributed by atoms with Crippen molar-refractivity contribution in [1.82, 2.24) is 15.6 Å². The highest BCUT2D eigenvalue weighted by molar-refractivity contribution is 7.11. The summed E-state index contributed by atoms with van der Waals surface area (Å²) in [5.74, 6) is -0.327. The monoisotopic (exact) mass is 346 g/mol. The van der Waals surface area contributed by atoms with Gasteiger partial charge in [-0.3, -0.25) is 9.89 Å². The first-order valence-electron chi connectivity index (χ1n) is 7.72. The van der Waals surface area contributed by atoms with Crippen molar-refractivity contribution >= 4 is 34.2 Å². The molecule has 6 heteroatoms. The van der Waals surface area contributed by atoms with Gasteiger partial charge in [0.2, 0.25) is 0 Å². The van der Waals surface area contributed by atoms with E-state index in [0.29, 0.717) is 5.69 Å². The number of nitrogens with one attached hydrogen (secondary N) is 2. The summed E-state index contributed by atoms with van der Waals surface area (Å²) in [5.41, 5.74) is 4.58. The largest absolute Gasteiger partial charge is 0.289 e. The minimum absolute atomic E-state index is 0.327. The number of carbonyl (C=O) groups excluding carboxylic acids is 1. The molecule has 25 heavy (non-hydrogen) atoms. The van der Waals surface area contributed by atoms with E-state index in [4.69, 9.17) is 0 Å². The number of amides is 1. The number of hydrazone groups is 1. The van der Waals surface area contributed by atoms with Gasteiger partial charge in [0.15, 0.2) is 0 Å². The Kier molecular flexibility index (Phi) is 4.10. The van der Waals surface area contributed by atoms with Crippen LogP contribution in [0.2, 0.25) is 0 Å². The molecule has 5 nitrogen and oxygen atoms in total. The van der Waals surface area contributed by atoms with E-state index < -0.39 is 0 Å². The zero-order valence-electron chi connectivity index (χ0n) is 13.1. The van der Waals surface area contributed by atoms with E-state index in [1.165, 1.54) is 0 Å². The Hall–Kier alpha value is -3.25. The van der Waals surface area contributed by atoms with Crippen LogP contribution >= 0.6 is 11.3 Å². The Balaban J connectivity index is 1.56. The minimum atomic E-state index is -0.327. The van der Waals surface area contributed by atoms with E-state index in [2.05, 4.69) is 32.9 Å². The number of aromatic amines is 1. The molecule has 4 aromatic rings. The fourth-order valence-electron chi connectivity index (χ4n) is 2.60. The first kappa shape index (κ1) is 15.3. The normalized spacial score (nSPS) is 11.2. The third kappa shape index (κ3) is 3.20. The third-order valence-electron chi connectivity index (χ3n) is 3.79. The summed E-state index contributed by atoms with van der Waals surface area (Å²) in [5, 5.41) is 15.2. The summed E-state index contributed by atoms with van der Waals surface area (Å²) in [7, 11) is 0. The molecule has 2 aromatic carbocycles. The Bertz CT molecular complexity index is 1040. The van der Waals surface area contributed by atoms with Crippen molar-refractivity contribution in [2.45, 2.75) is 0 Å². The highest BCUT2D eigenvalue weighted by atomic mass is 32.1. The molecule has 0 atom stereocenters. The van der Waals surface area contributed by atoms with Crippen molar-refractivity contribution in [1.29, 1.82) is 0 Å². The molecule has 0 bridgehead atoms. The van der Waals surface area contributed by atoms with Crippen LogP contribution in [0.15, 0.2) is 71.1 Å². The van der Waals surface area contributed by atoms with E-state index in [0.717, 1.165) is 26.9 Å². The Morgan fingerprint density at radius 3 is 2.88 bits per heavy atom. The van der Waals surface area contributed by atoms with Gasteiger partial charge in [0, 0.05) is 10.4 Å². The van der Waals surface area contributed by atoms with Crippen LogP contribution < -0.4 is 5.43 Å². The predicted molar refractivity (Wildman–Crippen MR) is 101 cm³/mol. The van der Waals surface area contributed by atoms with Crippen LogP contribution in [0.1, 0.15) is 15.4 Å². The standard InChI is InChI=1S/C19H14N4OS/c24-19(23-20-12-14-7-4-10-25-14)18-11-17(21-22-18)16-9-3-6-13-5-1-2-8-15(13)16/h1-12H,(H,21,22)(H,23,24)/b20-12-. The smallest absolute Gasteiger partial charge is 0.272 e. The van der Waals surface area contributed by atoms with Crippen molar-refractivity contribution in [3.63, 3.8) is 0 Å². The molecule has 0 saturated heterocycles. The van der Waals surface area contributed by atoms with Gasteiger partial charge >= 0.3 is 0 Å². The molecule has 0 saturated carbocycles. The fourth-order valence-corrected chi connectivity index (χ4v) is 3.19. The molecule has 0 fully saturated rings. The van der Waals surface area contributed by atoms with Crippen LogP contribution in [0, 0.1) is 0 Å². The first-order valence-corrected chi connectivity index (χ1v) is 8.60. The molecular formula is C19H14N4OS. The number of rotatable bonds is 4. The van der Waals surface area contributed by atoms with E-state index in [1.54, 1.807) is 23.6 Å². The van der Waals surface area contributed by atoms with Gasteiger partial charge in [0.1, 0.15) is 5.69 Å². The molecule has 1 amide bonds. The number of nitrogens with zero attached hydrogens (tertiary/aromatic N) is 2. The van der Waals surface area contributed by atoms with Crippen LogP contribution in [0.3, 0.4) is 0 Å². The molecule has 0 aliphatic carbocycles. The lowest BCUT2D eigenvalue weighted by molar-refractivity contribution is 0.0950. The van der Waals surface area contributed by atoms with Gasteiger partial charge < -0.3 is 0 Å². The van der Waals surface area contributed by atoms with Crippen molar-refractivity contribution in [2.24, 2.45) is 5.10 Å². The maximum atomic E-state index is 12.2. The second-order valence-electron chi connectivity index (χ2n) is 5.41. The number of carbonyl (C=O) groups is 1. The quantitative estimate of drug-likeness (QED) is 0.432. The van der Waals surface area contributed by atoms with Crippen molar-refractivity contribution in [3.8, 4) is 11.3 Å². The van der Waals surface area contributed by atoms with Gasteiger partial charge in [-0.15, -0.1) is 11.3 Å². The van der Waals surface area contributed by atoms with Gasteiger partial charge in [0.25, 0.3) is 5.91 Å². The second kappa shape index (κ2) is 6.70. The molecule has 0 spiro atoms. The molecule has 2 heterocycles. The van der Waals surface area contributed by atoms with Crippen molar-refractivity contribution < 1.29 is 4.79 Å². The lowest BCUT2D eigenvalue weighted by Gasteiger charge is -2.02. The maximum absolute atomic E-state index is 12.2. The predicted octanol–water partition coefficient (Wildman–Crippen LogP) is 4.06. The highest BCUT2D eigenvalue weighted by Crippen LogP contribution is 2.27. The lowest BCUT2D eigenvalue weighted by Crippen LogP contribution is -2.17. The molecule has 122 valence electrons. The molecule has 0 aliphatic rings. The Labute approximate surface area is 148 Å². The van der Waals surface area contributed by atoms with Crippen LogP contribution in [-0.2, 0) is 0 Å². The van der Waals surface area contributed by atoms with Crippen LogP contribution in [0.25, 0.3) is 22.0 Å². The van der Waals surface area contributed by atoms with Gasteiger partial charge in [0.05, 0.1) is 11.9 Å². The molecule has 0 radical (unpaired) electrons. The van der Waals surface area contributed by atoms with Crippen molar-refractivity contribution in [3.05, 3.63) is 76.6 Å². The van der Waals surface area contributed by atoms with Gasteiger partial charge in [-0.05, 0) is 28.3 Å². The second-order valence-corrected chi connectivity index (χ2v) is 6.39. The van der Waals surface area contributed by atoms with E-state index >= 15 is 0 Å². The van der Waals surface area contributed by atoms with Gasteiger partial charge in [-0.1, -0.05) is 48.5 Å². The summed E-state index contributed by atoms with van der Waals surface area (Å²) in [6, 6.07) is 19.7. The number of hydrogen-bond acceptors (Lipinski definition) is 4. The van der Waals surface area contributed by atoms with Crippen LogP contribution in [-0.4, -0.2) is 22.3 Å². The van der Waals surface area contributed by atoms with Gasteiger partial charge in [-0.25, -0.2) is 5.43 Å². The van der Waals surface area contributed by atoms with Crippen molar-refractivity contribution in [2.75, 3.05) is 0 Å². The van der Waals surface area contributed by atoms with E-state index in [9.17, 15) is 4.79 Å². The Morgan fingerprint density at radius 2 is 2.00 bits per heavy atom. The lowest BCUT2D eigenvalue weighted by atomic mass is 10.0. The van der Waals surface area contributed by atoms with E-state index in [1.807, 2.05) is 47.8 Å². The summed E-state index contributed by atoms with van der Waals surface area (Å²) in [6.07, 6.45) is 1.62. The molecular weight excluding hydrogens is 332 g/mol. The number of thiophene rings is 1. The third-order valence-corrected chi connectivity index (χ3v) is 4.60. The van der Waals surface area contributed by atoms with Crippen LogP contribution in [0.5, 0.6) is 0 Å². The molecule has 4 rings (SSSR count). The summed E-state index contributed by atoms with van der Waals surface area (Å²) in [4.78, 5) is 13.2. The number of aromatic nitrogens is 2. The number of fused-ring (bicyclic) bond motifs is 1. The summed E-state index contributed by atoms with van der Waals surface area (Å²) in [6.45, 7) is 0. The summed E-state index contributed by atoms with van der Waals surface area (Å²) < 4.78 is 0.